The third-order valence-corrected chi connectivity index (χ3v) is 24.6. The minimum absolute atomic E-state index is 0.000351. The van der Waals surface area contributed by atoms with Gasteiger partial charge in [0, 0.05) is 50.8 Å². The largest absolute Gasteiger partial charge is 0.334 e. The van der Waals surface area contributed by atoms with Gasteiger partial charge in [0.25, 0.3) is 6.71 Å². The lowest BCUT2D eigenvalue weighted by Crippen LogP contribution is -2.62. The van der Waals surface area contributed by atoms with E-state index in [1.54, 1.807) is 0 Å². The van der Waals surface area contributed by atoms with Crippen molar-refractivity contribution >= 4 is 68.6 Å². The van der Waals surface area contributed by atoms with Crippen LogP contribution in [0.2, 0.25) is 0 Å². The lowest BCUT2D eigenvalue weighted by Gasteiger charge is -2.52. The average molecular weight is 1160 g/mol. The Bertz CT molecular complexity index is 4240. The molecule has 4 aliphatic carbocycles. The first-order chi connectivity index (χ1) is 41.4. The highest BCUT2D eigenvalue weighted by Crippen LogP contribution is 2.64. The Labute approximate surface area is 529 Å². The molecule has 0 spiro atoms. The number of hydrogen-bond donors (Lipinski definition) is 0. The maximum absolute atomic E-state index is 2.89. The van der Waals surface area contributed by atoms with Gasteiger partial charge in [-0.05, 0) is 234 Å². The van der Waals surface area contributed by atoms with Gasteiger partial charge in [-0.2, -0.15) is 0 Å². The number of anilines is 8. The Morgan fingerprint density at radius 3 is 1.39 bits per heavy atom. The molecule has 2 atom stereocenters. The summed E-state index contributed by atoms with van der Waals surface area (Å²) >= 11 is 0. The van der Waals surface area contributed by atoms with Gasteiger partial charge in [0.05, 0.1) is 11.2 Å². The maximum atomic E-state index is 2.89. The molecule has 0 N–H and O–H groups in total. The Kier molecular flexibility index (Phi) is 12.2. The summed E-state index contributed by atoms with van der Waals surface area (Å²) in [7, 11) is 0. The van der Waals surface area contributed by atoms with E-state index in [0.717, 1.165) is 44.9 Å². The Hall–Kier alpha value is -6.78. The second-order valence-corrected chi connectivity index (χ2v) is 34.2. The van der Waals surface area contributed by atoms with Crippen LogP contribution in [0.1, 0.15) is 226 Å². The fraction of sp³-hybridized carbons (Fsp3) is 0.429. The van der Waals surface area contributed by atoms with Gasteiger partial charge in [0.1, 0.15) is 0 Å². The van der Waals surface area contributed by atoms with E-state index in [1.165, 1.54) is 147 Å². The van der Waals surface area contributed by atoms with E-state index in [2.05, 4.69) is 285 Å². The van der Waals surface area contributed by atoms with Crippen molar-refractivity contribution in [2.75, 3.05) is 14.7 Å². The van der Waals surface area contributed by atoms with E-state index < -0.39 is 0 Å². The zero-order chi connectivity index (χ0) is 62.0. The molecule has 7 aliphatic rings. The number of hydrogen-bond acceptors (Lipinski definition) is 3. The van der Waals surface area contributed by atoms with Crippen LogP contribution in [0.5, 0.6) is 0 Å². The normalized spacial score (nSPS) is 23.2. The number of benzene rings is 8. The van der Waals surface area contributed by atoms with Crippen LogP contribution < -0.4 is 31.1 Å². The minimum Gasteiger partial charge on any atom is -0.334 e. The molecule has 3 aliphatic heterocycles. The smallest absolute Gasteiger partial charge is 0.252 e. The van der Waals surface area contributed by atoms with Crippen molar-refractivity contribution in [2.45, 2.75) is 231 Å². The van der Waals surface area contributed by atoms with Gasteiger partial charge in [-0.3, -0.25) is 0 Å². The molecule has 0 aromatic heterocycles. The third-order valence-electron chi connectivity index (χ3n) is 24.6. The summed E-state index contributed by atoms with van der Waals surface area (Å²) in [5.41, 5.74) is 32.8. The third kappa shape index (κ3) is 8.19. The number of rotatable bonds is 5. The van der Waals surface area contributed by atoms with Gasteiger partial charge < -0.3 is 14.7 Å². The zero-order valence-corrected chi connectivity index (χ0v) is 56.6. The number of nitrogens with zero attached hydrogens (tertiary/aromatic N) is 3. The fourth-order valence-corrected chi connectivity index (χ4v) is 19.1. The van der Waals surface area contributed by atoms with Crippen molar-refractivity contribution in [3.63, 3.8) is 0 Å². The highest BCUT2D eigenvalue weighted by atomic mass is 15.3. The molecule has 1 saturated carbocycles. The molecule has 2 unspecified atom stereocenters. The zero-order valence-electron chi connectivity index (χ0n) is 56.6. The van der Waals surface area contributed by atoms with Crippen LogP contribution in [0.4, 0.5) is 45.5 Å². The van der Waals surface area contributed by atoms with Crippen LogP contribution in [-0.2, 0) is 43.3 Å². The summed E-state index contributed by atoms with van der Waals surface area (Å²) in [5.74, 6) is 0. The number of aryl methyl sites for hydroxylation is 1. The van der Waals surface area contributed by atoms with Crippen molar-refractivity contribution in [1.82, 2.24) is 0 Å². The summed E-state index contributed by atoms with van der Waals surface area (Å²) < 4.78 is 0. The molecule has 3 heterocycles. The molecular weight excluding hydrogens is 1060 g/mol. The predicted molar refractivity (Wildman–Crippen MR) is 379 cm³/mol. The average Bonchev–Trinajstić information content (AvgIpc) is 1.70. The van der Waals surface area contributed by atoms with Crippen LogP contribution in [-0.4, -0.2) is 12.3 Å². The first-order valence-electron chi connectivity index (χ1n) is 33.9. The van der Waals surface area contributed by atoms with Gasteiger partial charge in [-0.25, -0.2) is 0 Å². The van der Waals surface area contributed by atoms with Gasteiger partial charge >= 0.3 is 0 Å². The summed E-state index contributed by atoms with van der Waals surface area (Å²) in [6, 6.07) is 59.3. The Morgan fingerprint density at radius 2 is 0.841 bits per heavy atom. The van der Waals surface area contributed by atoms with Crippen molar-refractivity contribution < 1.29 is 0 Å². The molecule has 4 heteroatoms. The van der Waals surface area contributed by atoms with E-state index in [-0.39, 0.29) is 55.6 Å². The van der Waals surface area contributed by atoms with Gasteiger partial charge in [0.15, 0.2) is 0 Å². The molecule has 450 valence electrons. The quantitative estimate of drug-likeness (QED) is 0.159. The van der Waals surface area contributed by atoms with Crippen LogP contribution >= 0.6 is 0 Å². The topological polar surface area (TPSA) is 9.72 Å². The molecule has 0 saturated heterocycles. The molecule has 88 heavy (non-hydrogen) atoms. The van der Waals surface area contributed by atoms with E-state index >= 15 is 0 Å². The summed E-state index contributed by atoms with van der Waals surface area (Å²) in [6.45, 7) is 45.0. The van der Waals surface area contributed by atoms with Crippen molar-refractivity contribution in [1.29, 1.82) is 0 Å². The predicted octanol–water partition coefficient (Wildman–Crippen LogP) is 21.1. The first-order valence-corrected chi connectivity index (χ1v) is 33.9. The monoisotopic (exact) mass is 1160 g/mol. The molecule has 0 amide bonds. The first kappa shape index (κ1) is 57.7. The second-order valence-electron chi connectivity index (χ2n) is 34.2. The SMILES string of the molecule is Cc1cc2c(cc1N1c3cc4c(cc3B3c5cc6c(cc5N(c5ccc(C(C)(C)C)cc5-c5ccccc5)c5cc(N7c8ccc(-c9ccccc9)cc8C8(C)CCCCC78C)cc1c53)C(C)(C)CCC6(C)C)C(C)(C)CCC4(C)C)C(C)(C)CC2(C)C. The Balaban J connectivity index is 1.13. The van der Waals surface area contributed by atoms with Crippen LogP contribution in [0.25, 0.3) is 22.3 Å². The van der Waals surface area contributed by atoms with Gasteiger partial charge in [-0.15, -0.1) is 0 Å². The fourth-order valence-electron chi connectivity index (χ4n) is 19.1. The highest BCUT2D eigenvalue weighted by Gasteiger charge is 2.59. The van der Waals surface area contributed by atoms with E-state index in [4.69, 9.17) is 0 Å². The van der Waals surface area contributed by atoms with E-state index in [9.17, 15) is 0 Å². The molecule has 8 aromatic carbocycles. The molecule has 1 fully saturated rings. The second kappa shape index (κ2) is 18.7. The molecule has 0 bridgehead atoms. The number of fused-ring (bicyclic) bond motifs is 10. The lowest BCUT2D eigenvalue weighted by molar-refractivity contribution is 0.195. The van der Waals surface area contributed by atoms with E-state index in [0.29, 0.717) is 0 Å². The van der Waals surface area contributed by atoms with Gasteiger partial charge in [0.2, 0.25) is 0 Å². The summed E-state index contributed by atoms with van der Waals surface area (Å²) in [5, 5.41) is 0. The lowest BCUT2D eigenvalue weighted by atomic mass is 9.32. The maximum Gasteiger partial charge on any atom is 0.252 e. The summed E-state index contributed by atoms with van der Waals surface area (Å²) in [4.78, 5) is 8.55. The molecule has 8 aromatic rings. The Morgan fingerprint density at radius 1 is 0.375 bits per heavy atom. The standard InChI is InChI=1S/C84H96BN3/c1-52-41-59-64(82(15,16)51-81(59,13)14)48-70(52)87-72-50-63-61(78(7,8)38-40-80(63,11)12)47-67(72)85-66-46-60-62(79(9,10)39-37-77(60,5)6)49-71(66)86(68-34-32-56(76(2,3)4)43-58(68)54-29-23-20-24-30-54)73-44-57(45-74(87)75(73)85)88-69-33-31-55(53-27-21-19-22-28-53)42-65(69)83(17)35-25-26-36-84(83,88)18/h19-24,27-34,41-50H,25-26,35-40,51H2,1-18H3. The van der Waals surface area contributed by atoms with Crippen molar-refractivity contribution in [3.05, 3.63) is 196 Å². The minimum atomic E-state index is -0.204. The van der Waals surface area contributed by atoms with Gasteiger partial charge in [-0.1, -0.05) is 215 Å². The van der Waals surface area contributed by atoms with Crippen LogP contribution in [0.15, 0.2) is 146 Å². The molecule has 0 radical (unpaired) electrons. The highest BCUT2D eigenvalue weighted by molar-refractivity contribution is 7.00. The van der Waals surface area contributed by atoms with Crippen molar-refractivity contribution in [3.8, 4) is 22.3 Å². The molecule has 15 rings (SSSR count). The molecule has 3 nitrogen and oxygen atoms in total. The summed E-state index contributed by atoms with van der Waals surface area (Å²) in [6.07, 6.45) is 10.5. The van der Waals surface area contributed by atoms with Crippen LogP contribution in [0, 0.1) is 6.92 Å². The van der Waals surface area contributed by atoms with Crippen molar-refractivity contribution in [2.24, 2.45) is 0 Å². The van der Waals surface area contributed by atoms with Crippen LogP contribution in [0.3, 0.4) is 0 Å². The van der Waals surface area contributed by atoms with E-state index in [1.807, 2.05) is 0 Å². The molecular formula is C84H96BN3.